The van der Waals surface area contributed by atoms with Gasteiger partial charge in [-0.3, -0.25) is 4.90 Å². The Labute approximate surface area is 205 Å². The molecule has 1 fully saturated rings. The van der Waals surface area contributed by atoms with Crippen LogP contribution in [0, 0.1) is 6.92 Å². The van der Waals surface area contributed by atoms with E-state index < -0.39 is 6.10 Å². The minimum absolute atomic E-state index is 0. The van der Waals surface area contributed by atoms with Crippen molar-refractivity contribution in [1.82, 2.24) is 9.88 Å². The molecule has 0 bridgehead atoms. The number of ether oxygens (including phenoxy) is 1. The Morgan fingerprint density at radius 1 is 1.09 bits per heavy atom. The fourth-order valence-corrected chi connectivity index (χ4v) is 3.64. The zero-order valence-corrected chi connectivity index (χ0v) is 20.1. The number of pyridine rings is 1. The average Bonchev–Trinajstić information content (AvgIpc) is 2.73. The lowest BCUT2D eigenvalue weighted by Gasteiger charge is -2.36. The number of nitrogens with zero attached hydrogens (tertiary/aromatic N) is 3. The van der Waals surface area contributed by atoms with E-state index >= 15 is 0 Å². The molecule has 1 saturated heterocycles. The van der Waals surface area contributed by atoms with Crippen LogP contribution in [0.15, 0.2) is 57.9 Å². The molecule has 1 aromatic carbocycles. The molecule has 1 atom stereocenters. The number of hydrogen-bond acceptors (Lipinski definition) is 7. The van der Waals surface area contributed by atoms with Crippen molar-refractivity contribution in [3.8, 4) is 5.75 Å². The van der Waals surface area contributed by atoms with Crippen LogP contribution in [0.5, 0.6) is 5.75 Å². The lowest BCUT2D eigenvalue weighted by atomic mass is 10.1. The molecule has 2 aromatic heterocycles. The predicted octanol–water partition coefficient (Wildman–Crippen LogP) is 3.32. The minimum atomic E-state index is -0.600. The van der Waals surface area contributed by atoms with Crippen molar-refractivity contribution in [3.63, 3.8) is 0 Å². The molecular weight excluding hydrogens is 477 g/mol. The van der Waals surface area contributed by atoms with Gasteiger partial charge in [-0.2, -0.15) is 0 Å². The van der Waals surface area contributed by atoms with Gasteiger partial charge in [-0.25, -0.2) is 9.78 Å². The van der Waals surface area contributed by atoms with Crippen LogP contribution in [-0.2, 0) is 0 Å². The molecular formula is C22H28Cl3N3O4. The van der Waals surface area contributed by atoms with Crippen LogP contribution in [0.4, 0.5) is 5.82 Å². The molecule has 3 aromatic rings. The molecule has 1 N–H and O–H groups in total. The Balaban J connectivity index is 0.00000171. The van der Waals surface area contributed by atoms with Crippen molar-refractivity contribution in [3.05, 3.63) is 64.6 Å². The molecule has 3 heterocycles. The Hall–Kier alpha value is -2.03. The largest absolute Gasteiger partial charge is 0.491 e. The van der Waals surface area contributed by atoms with Crippen molar-refractivity contribution in [2.45, 2.75) is 13.0 Å². The number of halogens is 3. The Kier molecular flexibility index (Phi) is 11.3. The Bertz CT molecular complexity index is 1030. The maximum Gasteiger partial charge on any atom is 0.336 e. The van der Waals surface area contributed by atoms with Crippen LogP contribution in [0.25, 0.3) is 11.0 Å². The molecule has 0 spiro atoms. The monoisotopic (exact) mass is 503 g/mol. The number of aliphatic hydroxyl groups excluding tert-OH is 1. The summed E-state index contributed by atoms with van der Waals surface area (Å²) in [5, 5.41) is 11.3. The van der Waals surface area contributed by atoms with E-state index in [1.165, 1.54) is 6.07 Å². The summed E-state index contributed by atoms with van der Waals surface area (Å²) in [4.78, 5) is 20.4. The molecule has 1 unspecified atom stereocenters. The summed E-state index contributed by atoms with van der Waals surface area (Å²) in [5.74, 6) is 1.57. The highest BCUT2D eigenvalue weighted by molar-refractivity contribution is 5.86. The summed E-state index contributed by atoms with van der Waals surface area (Å²) < 4.78 is 11.0. The van der Waals surface area contributed by atoms with Crippen LogP contribution in [-0.4, -0.2) is 60.4 Å². The lowest BCUT2D eigenvalue weighted by molar-refractivity contribution is 0.0663. The second-order valence-corrected chi connectivity index (χ2v) is 7.35. The van der Waals surface area contributed by atoms with Gasteiger partial charge in [-0.1, -0.05) is 6.07 Å². The third-order valence-corrected chi connectivity index (χ3v) is 5.18. The fourth-order valence-electron chi connectivity index (χ4n) is 3.64. The number of aliphatic hydroxyl groups is 1. The van der Waals surface area contributed by atoms with Gasteiger partial charge in [0.1, 0.15) is 29.9 Å². The van der Waals surface area contributed by atoms with Crippen molar-refractivity contribution in [2.75, 3.05) is 44.2 Å². The van der Waals surface area contributed by atoms with Gasteiger partial charge in [-0.05, 0) is 36.8 Å². The fraction of sp³-hybridized carbons (Fsp3) is 0.364. The van der Waals surface area contributed by atoms with Gasteiger partial charge < -0.3 is 19.2 Å². The maximum absolute atomic E-state index is 11.6. The maximum atomic E-state index is 11.6. The molecule has 176 valence electrons. The van der Waals surface area contributed by atoms with Crippen molar-refractivity contribution >= 4 is 54.0 Å². The van der Waals surface area contributed by atoms with Crippen LogP contribution < -0.4 is 15.3 Å². The number of hydrogen-bond donors (Lipinski definition) is 1. The summed E-state index contributed by atoms with van der Waals surface area (Å²) >= 11 is 0. The summed E-state index contributed by atoms with van der Waals surface area (Å²) in [6, 6.07) is 12.8. The van der Waals surface area contributed by atoms with E-state index in [9.17, 15) is 9.90 Å². The Morgan fingerprint density at radius 3 is 2.53 bits per heavy atom. The van der Waals surface area contributed by atoms with Crippen molar-refractivity contribution in [2.24, 2.45) is 0 Å². The third kappa shape index (κ3) is 6.98. The molecule has 32 heavy (non-hydrogen) atoms. The number of aryl methyl sites for hydroxylation is 1. The highest BCUT2D eigenvalue weighted by Gasteiger charge is 2.20. The first-order chi connectivity index (χ1) is 14.1. The highest BCUT2D eigenvalue weighted by atomic mass is 35.5. The molecule has 1 aliphatic rings. The molecule has 1 aliphatic heterocycles. The van der Waals surface area contributed by atoms with Gasteiger partial charge >= 0.3 is 5.63 Å². The zero-order chi connectivity index (χ0) is 20.2. The molecule has 10 heteroatoms. The second kappa shape index (κ2) is 12.9. The smallest absolute Gasteiger partial charge is 0.336 e. The standard InChI is InChI=1S/C22H25N3O4.3ClH/c1-16-12-22(27)29-20-13-18(5-6-19(16)20)28-15-17(26)14-24-8-10-25(11-9-24)21-4-2-3-7-23-21;;;/h2-7,12-13,17,26H,8-11,14-15H2,1H3;3*1H. The van der Waals surface area contributed by atoms with Gasteiger partial charge in [0.2, 0.25) is 0 Å². The SMILES string of the molecule is Cc1cc(=O)oc2cc(OCC(O)CN3CCN(c4ccccn4)CC3)ccc12.Cl.Cl.Cl. The number of fused-ring (bicyclic) bond motifs is 1. The van der Waals surface area contributed by atoms with Gasteiger partial charge in [-0.15, -0.1) is 37.2 Å². The van der Waals surface area contributed by atoms with E-state index in [0.29, 0.717) is 17.9 Å². The zero-order valence-electron chi connectivity index (χ0n) is 17.7. The summed E-state index contributed by atoms with van der Waals surface area (Å²) in [5.41, 5.74) is 0.984. The lowest BCUT2D eigenvalue weighted by Crippen LogP contribution is -2.49. The number of aromatic nitrogens is 1. The van der Waals surface area contributed by atoms with E-state index in [0.717, 1.165) is 42.9 Å². The van der Waals surface area contributed by atoms with Gasteiger partial charge in [0, 0.05) is 56.4 Å². The Morgan fingerprint density at radius 2 is 1.84 bits per heavy atom. The molecule has 0 amide bonds. The molecule has 0 saturated carbocycles. The summed E-state index contributed by atoms with van der Waals surface area (Å²) in [6.07, 6.45) is 1.21. The van der Waals surface area contributed by atoms with Crippen LogP contribution >= 0.6 is 37.2 Å². The quantitative estimate of drug-likeness (QED) is 0.516. The van der Waals surface area contributed by atoms with E-state index in [4.69, 9.17) is 9.15 Å². The first-order valence-electron chi connectivity index (χ1n) is 9.82. The minimum Gasteiger partial charge on any atom is -0.491 e. The second-order valence-electron chi connectivity index (χ2n) is 7.35. The van der Waals surface area contributed by atoms with Crippen LogP contribution in [0.3, 0.4) is 0 Å². The van der Waals surface area contributed by atoms with E-state index in [-0.39, 0.29) is 49.5 Å². The summed E-state index contributed by atoms with van der Waals surface area (Å²) in [6.45, 7) is 6.11. The number of benzene rings is 1. The highest BCUT2D eigenvalue weighted by Crippen LogP contribution is 2.22. The molecule has 4 rings (SSSR count). The first-order valence-corrected chi connectivity index (χ1v) is 9.82. The van der Waals surface area contributed by atoms with E-state index in [1.54, 1.807) is 6.07 Å². The van der Waals surface area contributed by atoms with Crippen LogP contribution in [0.1, 0.15) is 5.56 Å². The normalized spacial score (nSPS) is 14.6. The molecule has 7 nitrogen and oxygen atoms in total. The number of β-amino-alcohol motifs (C(OH)–C–C–N with tert-alkyl or cyclic N) is 1. The van der Waals surface area contributed by atoms with E-state index in [1.807, 2.05) is 43.5 Å². The number of piperazine rings is 1. The third-order valence-electron chi connectivity index (χ3n) is 5.18. The van der Waals surface area contributed by atoms with Gasteiger partial charge in [0.15, 0.2) is 0 Å². The topological polar surface area (TPSA) is 79.0 Å². The van der Waals surface area contributed by atoms with E-state index in [2.05, 4.69) is 14.8 Å². The number of anilines is 1. The predicted molar refractivity (Wildman–Crippen MR) is 133 cm³/mol. The van der Waals surface area contributed by atoms with Crippen molar-refractivity contribution in [1.29, 1.82) is 0 Å². The van der Waals surface area contributed by atoms with Crippen molar-refractivity contribution < 1.29 is 14.3 Å². The molecule has 0 aliphatic carbocycles. The van der Waals surface area contributed by atoms with Crippen LogP contribution in [0.2, 0.25) is 0 Å². The van der Waals surface area contributed by atoms with Gasteiger partial charge in [0.25, 0.3) is 0 Å². The summed E-state index contributed by atoms with van der Waals surface area (Å²) in [7, 11) is 0. The van der Waals surface area contributed by atoms with Gasteiger partial charge in [0.05, 0.1) is 0 Å². The number of rotatable bonds is 6. The first kappa shape index (κ1) is 28.0. The average molecular weight is 505 g/mol. The molecule has 0 radical (unpaired) electrons.